The van der Waals surface area contributed by atoms with Crippen LogP contribution in [0.5, 0.6) is 0 Å². The molecule has 0 amide bonds. The molecule has 4 heterocycles. The van der Waals surface area contributed by atoms with Gasteiger partial charge < -0.3 is 30.0 Å². The second kappa shape index (κ2) is 19.2. The molecule has 12 heteroatoms. The second-order valence-electron chi connectivity index (χ2n) is 8.81. The molecule has 2 unspecified atom stereocenters. The molecule has 212 valence electrons. The van der Waals surface area contributed by atoms with Crippen LogP contribution in [0.3, 0.4) is 0 Å². The number of hydrogen-bond acceptors (Lipinski definition) is 10. The fraction of sp³-hybridized carbons (Fsp3) is 0.241. The Bertz CT molecular complexity index is 1300. The third-order valence-corrected chi connectivity index (χ3v) is 5.03. The minimum Gasteiger partial charge on any atom is -0.545 e. The predicted octanol–water partition coefficient (Wildman–Crippen LogP) is -1.23. The molecular weight excluding hydrogens is 624 g/mol. The third-order valence-electron chi connectivity index (χ3n) is 5.03. The van der Waals surface area contributed by atoms with Gasteiger partial charge in [-0.1, -0.05) is 0 Å². The molecule has 0 aliphatic carbocycles. The summed E-state index contributed by atoms with van der Waals surface area (Å²) in [6.07, 6.45) is 5.92. The van der Waals surface area contributed by atoms with Crippen molar-refractivity contribution in [3.63, 3.8) is 0 Å². The van der Waals surface area contributed by atoms with E-state index in [1.807, 2.05) is 36.7 Å². The van der Waals surface area contributed by atoms with Crippen molar-refractivity contribution in [2.45, 2.75) is 46.3 Å². The van der Waals surface area contributed by atoms with Crippen molar-refractivity contribution in [3.05, 3.63) is 95.6 Å². The molecule has 0 fully saturated rings. The van der Waals surface area contributed by atoms with Gasteiger partial charge in [-0.05, 0) is 93.8 Å². The summed E-state index contributed by atoms with van der Waals surface area (Å²) in [5, 5.41) is 38.5. The predicted molar refractivity (Wildman–Crippen MR) is 141 cm³/mol. The van der Waals surface area contributed by atoms with E-state index in [1.165, 1.54) is 47.8 Å². The van der Waals surface area contributed by atoms with Crippen LogP contribution < -0.4 is 39.8 Å². The molecule has 0 spiro atoms. The number of nitrogens with zero attached hydrogens (tertiary/aromatic N) is 4. The molecule has 0 saturated carbocycles. The second-order valence-corrected chi connectivity index (χ2v) is 8.81. The van der Waals surface area contributed by atoms with E-state index in [1.54, 1.807) is 13.8 Å². The number of carbonyl (C=O) groups is 2. The number of carboxylic acids is 2. The summed E-state index contributed by atoms with van der Waals surface area (Å²) >= 11 is 0. The third kappa shape index (κ3) is 14.0. The number of hydrogen-bond donors (Lipinski definition) is 2. The van der Waals surface area contributed by atoms with Crippen molar-refractivity contribution >= 4 is 11.9 Å². The van der Waals surface area contributed by atoms with Crippen LogP contribution >= 0.6 is 0 Å². The minimum absolute atomic E-state index is 0. The fourth-order valence-electron chi connectivity index (χ4n) is 3.24. The van der Waals surface area contributed by atoms with Crippen molar-refractivity contribution in [2.75, 3.05) is 0 Å². The number of aromatic carboxylic acids is 2. The van der Waals surface area contributed by atoms with Crippen LogP contribution in [0.4, 0.5) is 0 Å². The zero-order valence-electron chi connectivity index (χ0n) is 23.5. The first-order valence-corrected chi connectivity index (χ1v) is 12.0. The van der Waals surface area contributed by atoms with Gasteiger partial charge in [0.05, 0.1) is 46.9 Å². The SMILES string of the molecule is CC(O)CC(C)O.Cc1ccnc(-c2cc(C)ccn2)c1.O=C([O-])c1ccnc(-c2cc(C(=O)[O-])ccn2)c1.[Na+].[Ru]. The topological polar surface area (TPSA) is 172 Å². The van der Waals surface area contributed by atoms with E-state index in [4.69, 9.17) is 10.2 Å². The van der Waals surface area contributed by atoms with Crippen molar-refractivity contribution < 1.29 is 79.1 Å². The Morgan fingerprint density at radius 1 is 0.659 bits per heavy atom. The van der Waals surface area contributed by atoms with Gasteiger partial charge in [-0.15, -0.1) is 0 Å². The summed E-state index contributed by atoms with van der Waals surface area (Å²) in [6.45, 7) is 7.43. The first-order chi connectivity index (χ1) is 18.5. The van der Waals surface area contributed by atoms with Gasteiger partial charge in [-0.3, -0.25) is 19.9 Å². The molecule has 2 atom stereocenters. The van der Waals surface area contributed by atoms with Crippen LogP contribution in [-0.4, -0.2) is 54.3 Å². The number of pyridine rings is 4. The number of rotatable bonds is 6. The summed E-state index contributed by atoms with van der Waals surface area (Å²) in [4.78, 5) is 37.8. The van der Waals surface area contributed by atoms with Gasteiger partial charge in [0.1, 0.15) is 0 Å². The van der Waals surface area contributed by atoms with E-state index in [0.717, 1.165) is 11.4 Å². The van der Waals surface area contributed by atoms with Crippen LogP contribution in [0.1, 0.15) is 52.1 Å². The van der Waals surface area contributed by atoms with Crippen LogP contribution in [-0.2, 0) is 19.5 Å². The van der Waals surface area contributed by atoms with Crippen molar-refractivity contribution in [1.82, 2.24) is 19.9 Å². The van der Waals surface area contributed by atoms with E-state index in [2.05, 4.69) is 33.8 Å². The number of carbonyl (C=O) groups excluding carboxylic acids is 2. The Morgan fingerprint density at radius 3 is 1.20 bits per heavy atom. The van der Waals surface area contributed by atoms with E-state index in [-0.39, 0.29) is 83.8 Å². The molecule has 10 nitrogen and oxygen atoms in total. The number of aryl methyl sites for hydroxylation is 2. The molecule has 2 N–H and O–H groups in total. The summed E-state index contributed by atoms with van der Waals surface area (Å²) < 4.78 is 0. The Balaban J connectivity index is 0.000000623. The van der Waals surface area contributed by atoms with Crippen molar-refractivity contribution in [3.8, 4) is 22.8 Å². The summed E-state index contributed by atoms with van der Waals surface area (Å²) in [5.41, 5.74) is 4.68. The first kappa shape index (κ1) is 38.1. The molecule has 0 bridgehead atoms. The molecule has 0 saturated heterocycles. The summed E-state index contributed by atoms with van der Waals surface area (Å²) in [7, 11) is 0. The average Bonchev–Trinajstić information content (AvgIpc) is 2.89. The minimum atomic E-state index is -1.34. The quantitative estimate of drug-likeness (QED) is 0.240. The van der Waals surface area contributed by atoms with Gasteiger partial charge >= 0.3 is 29.6 Å². The van der Waals surface area contributed by atoms with Gasteiger partial charge in [-0.2, -0.15) is 0 Å². The standard InChI is InChI=1S/C12H8N2O4.C12H12N2.C5H12O2.Na.Ru/c15-11(16)7-1-3-13-9(5-7)10-6-8(12(17)18)2-4-14-10;1-9-3-5-13-11(7-9)12-8-10(2)4-6-14-12;1-4(6)3-5(2)7;;/h1-6H,(H,15,16)(H,17,18);3-8H,1-2H3;4-7H,3H2,1-2H3;;/q;;;+1;/p-2. The van der Waals surface area contributed by atoms with E-state index in [0.29, 0.717) is 6.42 Å². The average molecular weight is 655 g/mol. The monoisotopic (exact) mass is 655 g/mol. The molecule has 0 aliphatic heterocycles. The Kier molecular flexibility index (Phi) is 17.9. The van der Waals surface area contributed by atoms with Crippen LogP contribution in [0.15, 0.2) is 73.3 Å². The van der Waals surface area contributed by atoms with Crippen LogP contribution in [0, 0.1) is 13.8 Å². The molecule has 0 radical (unpaired) electrons. The number of aromatic nitrogens is 4. The Labute approximate surface area is 274 Å². The molecule has 0 aromatic carbocycles. The maximum absolute atomic E-state index is 10.7. The smallest absolute Gasteiger partial charge is 0.545 e. The van der Waals surface area contributed by atoms with Gasteiger partial charge in [0.2, 0.25) is 0 Å². The van der Waals surface area contributed by atoms with E-state index in [9.17, 15) is 19.8 Å². The number of aliphatic hydroxyl groups is 2. The summed E-state index contributed by atoms with van der Waals surface area (Å²) in [5.74, 6) is -2.68. The molecular formula is C29H30N4NaO6Ru-. The van der Waals surface area contributed by atoms with E-state index >= 15 is 0 Å². The van der Waals surface area contributed by atoms with Gasteiger partial charge in [-0.25, -0.2) is 0 Å². The Morgan fingerprint density at radius 2 is 0.951 bits per heavy atom. The number of carboxylic acid groups (broad SMARTS) is 2. The molecule has 4 aromatic heterocycles. The first-order valence-electron chi connectivity index (χ1n) is 12.0. The van der Waals surface area contributed by atoms with Crippen molar-refractivity contribution in [1.29, 1.82) is 0 Å². The zero-order chi connectivity index (χ0) is 28.9. The fourth-order valence-corrected chi connectivity index (χ4v) is 3.24. The zero-order valence-corrected chi connectivity index (χ0v) is 27.2. The normalized spacial score (nSPS) is 11.1. The summed E-state index contributed by atoms with van der Waals surface area (Å²) in [6, 6.07) is 13.1. The van der Waals surface area contributed by atoms with Gasteiger partial charge in [0, 0.05) is 55.4 Å². The Hall–Kier alpha value is -2.92. The maximum Gasteiger partial charge on any atom is 1.00 e. The largest absolute Gasteiger partial charge is 1.00 e. The maximum atomic E-state index is 10.7. The van der Waals surface area contributed by atoms with E-state index < -0.39 is 11.9 Å². The molecule has 0 aliphatic rings. The van der Waals surface area contributed by atoms with Crippen LogP contribution in [0.2, 0.25) is 0 Å². The van der Waals surface area contributed by atoms with Crippen molar-refractivity contribution in [2.24, 2.45) is 0 Å². The molecule has 4 aromatic rings. The van der Waals surface area contributed by atoms with Gasteiger partial charge in [0.15, 0.2) is 0 Å². The van der Waals surface area contributed by atoms with Crippen LogP contribution in [0.25, 0.3) is 22.8 Å². The van der Waals surface area contributed by atoms with Gasteiger partial charge in [0.25, 0.3) is 0 Å². The number of aliphatic hydroxyl groups excluding tert-OH is 2. The molecule has 4 rings (SSSR count). The molecule has 41 heavy (non-hydrogen) atoms.